The third kappa shape index (κ3) is 12.0. The van der Waals surface area contributed by atoms with E-state index in [9.17, 15) is 0 Å². The highest BCUT2D eigenvalue weighted by molar-refractivity contribution is 6.29. The number of hydrogen-bond donors (Lipinski definition) is 0. The largest absolute Gasteiger partial charge is 0.0898 e. The van der Waals surface area contributed by atoms with Crippen LogP contribution in [0.4, 0.5) is 0 Å². The Bertz CT molecular complexity index is 129. The number of halogens is 1. The van der Waals surface area contributed by atoms with Crippen molar-refractivity contribution in [1.82, 2.24) is 0 Å². The zero-order valence-corrected chi connectivity index (χ0v) is 10.4. The van der Waals surface area contributed by atoms with Gasteiger partial charge in [0.25, 0.3) is 0 Å². The molecule has 0 nitrogen and oxygen atoms in total. The van der Waals surface area contributed by atoms with E-state index in [2.05, 4.69) is 13.5 Å². The molecule has 84 valence electrons. The summed E-state index contributed by atoms with van der Waals surface area (Å²) in [6.07, 6.45) is 13.3. The molecule has 0 rings (SSSR count). The molecule has 0 aromatic carbocycles. The van der Waals surface area contributed by atoms with E-state index in [4.69, 9.17) is 11.6 Å². The second kappa shape index (κ2) is 11.1. The molecule has 0 bridgehead atoms. The lowest BCUT2D eigenvalue weighted by atomic mass is 10.1. The first-order valence-electron chi connectivity index (χ1n) is 6.10. The van der Waals surface area contributed by atoms with Crippen molar-refractivity contribution in [3.05, 3.63) is 11.6 Å². The Morgan fingerprint density at radius 3 is 1.71 bits per heavy atom. The Morgan fingerprint density at radius 2 is 1.29 bits per heavy atom. The van der Waals surface area contributed by atoms with Crippen LogP contribution in [0, 0.1) is 0 Å². The Balaban J connectivity index is 2.88. The van der Waals surface area contributed by atoms with Crippen LogP contribution in [-0.2, 0) is 0 Å². The fourth-order valence-corrected chi connectivity index (χ4v) is 1.76. The van der Waals surface area contributed by atoms with Crippen LogP contribution in [0.25, 0.3) is 0 Å². The summed E-state index contributed by atoms with van der Waals surface area (Å²) in [6, 6.07) is 0. The topological polar surface area (TPSA) is 0 Å². The van der Waals surface area contributed by atoms with Gasteiger partial charge in [0, 0.05) is 5.03 Å². The van der Waals surface area contributed by atoms with Crippen molar-refractivity contribution in [2.24, 2.45) is 0 Å². The Kier molecular flexibility index (Phi) is 11.1. The van der Waals surface area contributed by atoms with Gasteiger partial charge in [0.05, 0.1) is 0 Å². The zero-order chi connectivity index (χ0) is 10.6. The SMILES string of the molecule is C=C(Cl)CCCCCCCCCCC. The smallest absolute Gasteiger partial charge is 0.0109 e. The van der Waals surface area contributed by atoms with Crippen LogP contribution in [0.5, 0.6) is 0 Å². The van der Waals surface area contributed by atoms with Crippen LogP contribution in [0.3, 0.4) is 0 Å². The number of unbranched alkanes of at least 4 members (excludes halogenated alkanes) is 8. The molecule has 0 N–H and O–H groups in total. The number of rotatable bonds is 10. The highest BCUT2D eigenvalue weighted by atomic mass is 35.5. The van der Waals surface area contributed by atoms with Crippen LogP contribution < -0.4 is 0 Å². The maximum Gasteiger partial charge on any atom is 0.0109 e. The van der Waals surface area contributed by atoms with Crippen molar-refractivity contribution in [1.29, 1.82) is 0 Å². The third-order valence-electron chi connectivity index (χ3n) is 2.55. The van der Waals surface area contributed by atoms with E-state index in [0.717, 1.165) is 11.5 Å². The monoisotopic (exact) mass is 216 g/mol. The molecule has 0 aliphatic heterocycles. The molecule has 1 heteroatoms. The zero-order valence-electron chi connectivity index (χ0n) is 9.66. The minimum absolute atomic E-state index is 0.813. The molecule has 0 unspecified atom stereocenters. The van der Waals surface area contributed by atoms with Gasteiger partial charge in [-0.05, 0) is 12.8 Å². The summed E-state index contributed by atoms with van der Waals surface area (Å²) in [4.78, 5) is 0. The molecule has 0 radical (unpaired) electrons. The highest BCUT2D eigenvalue weighted by Crippen LogP contribution is 2.13. The lowest BCUT2D eigenvalue weighted by molar-refractivity contribution is 0.566. The fraction of sp³-hybridized carbons (Fsp3) is 0.846. The summed E-state index contributed by atoms with van der Waals surface area (Å²) in [5.41, 5.74) is 0. The summed E-state index contributed by atoms with van der Waals surface area (Å²) in [6.45, 7) is 5.95. The molecule has 0 atom stereocenters. The predicted molar refractivity (Wildman–Crippen MR) is 66.8 cm³/mol. The van der Waals surface area contributed by atoms with Crippen molar-refractivity contribution in [2.75, 3.05) is 0 Å². The normalized spacial score (nSPS) is 10.4. The lowest BCUT2D eigenvalue weighted by Crippen LogP contribution is -1.81. The summed E-state index contributed by atoms with van der Waals surface area (Å²) in [5, 5.41) is 0.813. The van der Waals surface area contributed by atoms with Gasteiger partial charge in [-0.2, -0.15) is 0 Å². The molecule has 0 heterocycles. The van der Waals surface area contributed by atoms with E-state index in [1.807, 2.05) is 0 Å². The van der Waals surface area contributed by atoms with Gasteiger partial charge >= 0.3 is 0 Å². The maximum atomic E-state index is 5.68. The number of allylic oxidation sites excluding steroid dienone is 1. The van der Waals surface area contributed by atoms with Crippen molar-refractivity contribution in [2.45, 2.75) is 71.1 Å². The first-order chi connectivity index (χ1) is 6.77. The van der Waals surface area contributed by atoms with E-state index in [-0.39, 0.29) is 0 Å². The van der Waals surface area contributed by atoms with Crippen LogP contribution in [0.15, 0.2) is 11.6 Å². The van der Waals surface area contributed by atoms with Crippen LogP contribution in [-0.4, -0.2) is 0 Å². The fourth-order valence-electron chi connectivity index (χ4n) is 1.63. The van der Waals surface area contributed by atoms with Gasteiger partial charge in [0.2, 0.25) is 0 Å². The molecular formula is C13H25Cl. The predicted octanol–water partition coefficient (Wildman–Crippen LogP) is 5.66. The van der Waals surface area contributed by atoms with Gasteiger partial charge < -0.3 is 0 Å². The Morgan fingerprint density at radius 1 is 0.857 bits per heavy atom. The molecule has 0 fully saturated rings. The first-order valence-corrected chi connectivity index (χ1v) is 6.48. The molecular weight excluding hydrogens is 192 g/mol. The Labute approximate surface area is 94.7 Å². The average Bonchev–Trinajstić information content (AvgIpc) is 2.15. The third-order valence-corrected chi connectivity index (χ3v) is 2.74. The van der Waals surface area contributed by atoms with Crippen LogP contribution >= 0.6 is 11.6 Å². The summed E-state index contributed by atoms with van der Waals surface area (Å²) in [5.74, 6) is 0. The molecule has 0 spiro atoms. The van der Waals surface area contributed by atoms with Crippen molar-refractivity contribution < 1.29 is 0 Å². The summed E-state index contributed by atoms with van der Waals surface area (Å²) in [7, 11) is 0. The molecule has 0 aliphatic rings. The van der Waals surface area contributed by atoms with Crippen LogP contribution in [0.2, 0.25) is 0 Å². The van der Waals surface area contributed by atoms with Crippen molar-refractivity contribution in [3.63, 3.8) is 0 Å². The van der Waals surface area contributed by atoms with E-state index < -0.39 is 0 Å². The van der Waals surface area contributed by atoms with Gasteiger partial charge in [-0.3, -0.25) is 0 Å². The van der Waals surface area contributed by atoms with Crippen molar-refractivity contribution in [3.8, 4) is 0 Å². The average molecular weight is 217 g/mol. The van der Waals surface area contributed by atoms with Gasteiger partial charge in [-0.1, -0.05) is 76.5 Å². The molecule has 0 saturated heterocycles. The molecule has 0 saturated carbocycles. The minimum Gasteiger partial charge on any atom is -0.0898 e. The van der Waals surface area contributed by atoms with E-state index in [1.165, 1.54) is 57.8 Å². The second-order valence-corrected chi connectivity index (χ2v) is 4.63. The van der Waals surface area contributed by atoms with Crippen LogP contribution in [0.1, 0.15) is 71.1 Å². The standard InChI is InChI=1S/C13H25Cl/c1-3-4-5-6-7-8-9-10-11-12-13(2)14/h2-12H2,1H3. The van der Waals surface area contributed by atoms with E-state index in [1.54, 1.807) is 0 Å². The quantitative estimate of drug-likeness (QED) is 0.414. The molecule has 0 amide bonds. The molecule has 14 heavy (non-hydrogen) atoms. The van der Waals surface area contributed by atoms with Gasteiger partial charge in [0.15, 0.2) is 0 Å². The number of hydrogen-bond acceptors (Lipinski definition) is 0. The van der Waals surface area contributed by atoms with Crippen molar-refractivity contribution >= 4 is 11.6 Å². The minimum atomic E-state index is 0.813. The highest BCUT2D eigenvalue weighted by Gasteiger charge is 1.92. The van der Waals surface area contributed by atoms with Gasteiger partial charge in [-0.25, -0.2) is 0 Å². The summed E-state index contributed by atoms with van der Waals surface area (Å²) >= 11 is 5.68. The summed E-state index contributed by atoms with van der Waals surface area (Å²) < 4.78 is 0. The van der Waals surface area contributed by atoms with Gasteiger partial charge in [0.1, 0.15) is 0 Å². The first kappa shape index (κ1) is 14.0. The molecule has 0 aromatic rings. The van der Waals surface area contributed by atoms with Gasteiger partial charge in [-0.15, -0.1) is 0 Å². The Hall–Kier alpha value is 0.0300. The lowest BCUT2D eigenvalue weighted by Gasteiger charge is -2.01. The van der Waals surface area contributed by atoms with E-state index >= 15 is 0 Å². The molecule has 0 aliphatic carbocycles. The second-order valence-electron chi connectivity index (χ2n) is 4.10. The van der Waals surface area contributed by atoms with E-state index in [0.29, 0.717) is 0 Å². The molecule has 0 aromatic heterocycles. The maximum absolute atomic E-state index is 5.68.